The molecule has 1 heteroatoms. The minimum atomic E-state index is 0.843. The van der Waals surface area contributed by atoms with Crippen molar-refractivity contribution in [3.8, 4) is 0 Å². The van der Waals surface area contributed by atoms with Gasteiger partial charge in [-0.05, 0) is 6.42 Å². The number of hydrogen-bond donors (Lipinski definition) is 0. The summed E-state index contributed by atoms with van der Waals surface area (Å²) >= 11 is 2.02. The number of rotatable bonds is 3. The summed E-state index contributed by atoms with van der Waals surface area (Å²) in [7, 11) is 0. The van der Waals surface area contributed by atoms with Crippen LogP contribution < -0.4 is 0 Å². The van der Waals surface area contributed by atoms with Crippen LogP contribution >= 0.6 is 11.8 Å². The third kappa shape index (κ3) is 1.55. The first-order valence-corrected chi connectivity index (χ1v) is 4.18. The van der Waals surface area contributed by atoms with Crippen molar-refractivity contribution in [3.63, 3.8) is 0 Å². The van der Waals surface area contributed by atoms with Gasteiger partial charge in [-0.15, -0.1) is 0 Å². The summed E-state index contributed by atoms with van der Waals surface area (Å²) in [5.41, 5.74) is 1.46. The molecule has 0 saturated carbocycles. The summed E-state index contributed by atoms with van der Waals surface area (Å²) in [5, 5.41) is 0.843. The van der Waals surface area contributed by atoms with Gasteiger partial charge in [0.1, 0.15) is 0 Å². The molecule has 1 rings (SSSR count). The van der Waals surface area contributed by atoms with Crippen LogP contribution in [-0.2, 0) is 0 Å². The highest BCUT2D eigenvalue weighted by molar-refractivity contribution is 8.07. The molecule has 1 unspecified atom stereocenters. The van der Waals surface area contributed by atoms with E-state index in [1.165, 1.54) is 24.2 Å². The van der Waals surface area contributed by atoms with Crippen molar-refractivity contribution in [1.29, 1.82) is 0 Å². The summed E-state index contributed by atoms with van der Waals surface area (Å²) in [6, 6.07) is 0. The Kier molecular flexibility index (Phi) is 2.01. The van der Waals surface area contributed by atoms with Crippen LogP contribution in [0.4, 0.5) is 0 Å². The van der Waals surface area contributed by atoms with Crippen molar-refractivity contribution in [3.05, 3.63) is 12.2 Å². The highest BCUT2D eigenvalue weighted by atomic mass is 32.2. The minimum absolute atomic E-state index is 0.843. The van der Waals surface area contributed by atoms with Crippen LogP contribution in [0.3, 0.4) is 0 Å². The van der Waals surface area contributed by atoms with Crippen molar-refractivity contribution in [1.82, 2.24) is 0 Å². The molecule has 0 aromatic carbocycles. The lowest BCUT2D eigenvalue weighted by Crippen LogP contribution is -1.86. The molecule has 1 heterocycles. The SMILES string of the molecule is C=C(CCC)C1CS1. The summed E-state index contributed by atoms with van der Waals surface area (Å²) in [5.74, 6) is 1.33. The molecule has 0 N–H and O–H groups in total. The molecule has 0 spiro atoms. The number of hydrogen-bond acceptors (Lipinski definition) is 1. The predicted octanol–water partition coefficient (Wildman–Crippen LogP) is 2.46. The molecule has 1 fully saturated rings. The van der Waals surface area contributed by atoms with Gasteiger partial charge in [0.05, 0.1) is 0 Å². The van der Waals surface area contributed by atoms with Crippen LogP contribution in [0.15, 0.2) is 12.2 Å². The Morgan fingerprint density at radius 3 is 2.88 bits per heavy atom. The normalized spacial score (nSPS) is 25.4. The topological polar surface area (TPSA) is 0 Å². The van der Waals surface area contributed by atoms with Crippen LogP contribution in [0.1, 0.15) is 19.8 Å². The van der Waals surface area contributed by atoms with E-state index in [4.69, 9.17) is 0 Å². The molecule has 0 aliphatic carbocycles. The Bertz CT molecular complexity index is 92.6. The minimum Gasteiger partial charge on any atom is -0.152 e. The molecule has 0 aromatic heterocycles. The Labute approximate surface area is 55.4 Å². The van der Waals surface area contributed by atoms with E-state index >= 15 is 0 Å². The molecule has 1 aliphatic heterocycles. The standard InChI is InChI=1S/C7H12S/c1-3-4-6(2)7-5-8-7/h7H,2-5H2,1H3. The van der Waals surface area contributed by atoms with E-state index in [1.807, 2.05) is 11.8 Å². The maximum absolute atomic E-state index is 3.99. The van der Waals surface area contributed by atoms with Gasteiger partial charge in [-0.3, -0.25) is 0 Å². The first kappa shape index (κ1) is 6.21. The van der Waals surface area contributed by atoms with Gasteiger partial charge in [-0.25, -0.2) is 0 Å². The quantitative estimate of drug-likeness (QED) is 0.415. The molecule has 1 saturated heterocycles. The smallest absolute Gasteiger partial charge is 0.0345 e. The fraction of sp³-hybridized carbons (Fsp3) is 0.714. The fourth-order valence-electron chi connectivity index (χ4n) is 0.766. The van der Waals surface area contributed by atoms with Crippen molar-refractivity contribution in [2.45, 2.75) is 25.0 Å². The Hall–Kier alpha value is 0.0900. The van der Waals surface area contributed by atoms with E-state index in [9.17, 15) is 0 Å². The highest BCUT2D eigenvalue weighted by Gasteiger charge is 2.24. The molecule has 8 heavy (non-hydrogen) atoms. The zero-order valence-corrected chi connectivity index (χ0v) is 6.13. The van der Waals surface area contributed by atoms with Gasteiger partial charge in [-0.1, -0.05) is 25.5 Å². The second-order valence-corrected chi connectivity index (χ2v) is 3.47. The third-order valence-corrected chi connectivity index (χ3v) is 2.36. The van der Waals surface area contributed by atoms with E-state index in [1.54, 1.807) is 0 Å². The van der Waals surface area contributed by atoms with Crippen LogP contribution in [-0.4, -0.2) is 11.0 Å². The fourth-order valence-corrected chi connectivity index (χ4v) is 1.45. The average Bonchev–Trinajstić information content (AvgIpc) is 2.45. The summed E-state index contributed by atoms with van der Waals surface area (Å²) in [4.78, 5) is 0. The zero-order valence-electron chi connectivity index (χ0n) is 5.31. The van der Waals surface area contributed by atoms with Crippen LogP contribution in [0, 0.1) is 0 Å². The van der Waals surface area contributed by atoms with E-state index in [2.05, 4.69) is 13.5 Å². The first-order valence-electron chi connectivity index (χ1n) is 3.14. The van der Waals surface area contributed by atoms with Gasteiger partial charge >= 0.3 is 0 Å². The molecule has 0 amide bonds. The van der Waals surface area contributed by atoms with Crippen molar-refractivity contribution in [2.75, 3.05) is 5.75 Å². The second kappa shape index (κ2) is 2.58. The molecular weight excluding hydrogens is 116 g/mol. The lowest BCUT2D eigenvalue weighted by atomic mass is 10.1. The zero-order chi connectivity index (χ0) is 5.98. The van der Waals surface area contributed by atoms with Gasteiger partial charge in [0, 0.05) is 11.0 Å². The Balaban J connectivity index is 2.13. The highest BCUT2D eigenvalue weighted by Crippen LogP contribution is 2.37. The van der Waals surface area contributed by atoms with Gasteiger partial charge in [-0.2, -0.15) is 11.8 Å². The van der Waals surface area contributed by atoms with Gasteiger partial charge in [0.25, 0.3) is 0 Å². The summed E-state index contributed by atoms with van der Waals surface area (Å²) in [6.07, 6.45) is 2.49. The number of thioether (sulfide) groups is 1. The Morgan fingerprint density at radius 2 is 2.50 bits per heavy atom. The summed E-state index contributed by atoms with van der Waals surface area (Å²) < 4.78 is 0. The molecule has 1 atom stereocenters. The van der Waals surface area contributed by atoms with E-state index in [0.29, 0.717) is 0 Å². The monoisotopic (exact) mass is 128 g/mol. The van der Waals surface area contributed by atoms with Gasteiger partial charge in [0.15, 0.2) is 0 Å². The molecule has 0 nitrogen and oxygen atoms in total. The van der Waals surface area contributed by atoms with E-state index < -0.39 is 0 Å². The molecular formula is C7H12S. The van der Waals surface area contributed by atoms with Gasteiger partial charge in [0.2, 0.25) is 0 Å². The van der Waals surface area contributed by atoms with Crippen molar-refractivity contribution in [2.24, 2.45) is 0 Å². The van der Waals surface area contributed by atoms with Crippen molar-refractivity contribution >= 4 is 11.8 Å². The van der Waals surface area contributed by atoms with Crippen LogP contribution in [0.2, 0.25) is 0 Å². The predicted molar refractivity (Wildman–Crippen MR) is 40.3 cm³/mol. The second-order valence-electron chi connectivity index (χ2n) is 2.23. The Morgan fingerprint density at radius 1 is 1.88 bits per heavy atom. The van der Waals surface area contributed by atoms with Crippen LogP contribution in [0.5, 0.6) is 0 Å². The first-order chi connectivity index (χ1) is 3.84. The largest absolute Gasteiger partial charge is 0.152 e. The van der Waals surface area contributed by atoms with Crippen molar-refractivity contribution < 1.29 is 0 Å². The molecule has 1 aliphatic rings. The van der Waals surface area contributed by atoms with Gasteiger partial charge < -0.3 is 0 Å². The maximum atomic E-state index is 3.99. The van der Waals surface area contributed by atoms with E-state index in [-0.39, 0.29) is 0 Å². The van der Waals surface area contributed by atoms with Crippen LogP contribution in [0.25, 0.3) is 0 Å². The maximum Gasteiger partial charge on any atom is 0.0345 e. The third-order valence-electron chi connectivity index (χ3n) is 1.36. The summed E-state index contributed by atoms with van der Waals surface area (Å²) in [6.45, 7) is 6.19. The molecule has 46 valence electrons. The molecule has 0 aromatic rings. The lowest BCUT2D eigenvalue weighted by molar-refractivity contribution is 0.890. The van der Waals surface area contributed by atoms with E-state index in [0.717, 1.165) is 5.25 Å². The molecule has 0 bridgehead atoms. The molecule has 0 radical (unpaired) electrons. The average molecular weight is 128 g/mol. The lowest BCUT2D eigenvalue weighted by Gasteiger charge is -1.95.